The normalized spacial score (nSPS) is 16.9. The maximum Gasteiger partial charge on any atom is 0.335 e. The highest BCUT2D eigenvalue weighted by Gasteiger charge is 2.22. The molecule has 1 N–H and O–H groups in total. The Kier molecular flexibility index (Phi) is 11.8. The molecule has 3 aromatic rings. The van der Waals surface area contributed by atoms with Gasteiger partial charge in [0.25, 0.3) is 0 Å². The maximum atomic E-state index is 11.6. The van der Waals surface area contributed by atoms with Crippen LogP contribution in [0.5, 0.6) is 0 Å². The Morgan fingerprint density at radius 3 is 2.20 bits per heavy atom. The second-order valence-corrected chi connectivity index (χ2v) is 11.8. The molecule has 1 aliphatic carbocycles. The van der Waals surface area contributed by atoms with Crippen LogP contribution in [0.15, 0.2) is 78.9 Å². The summed E-state index contributed by atoms with van der Waals surface area (Å²) in [6, 6.07) is 25.0. The standard InChI is InChI=1S/C38H48O3/c1-4-6-7-9-29-11-15-32(16-12-29)33-19-21-34(22-20-33)36-23-24-37(31(5-2)26-36)35-17-13-30(14-18-35)10-8-25-41-38(40)28(3)27-39/h13-14,17-24,26,29,32,39H,3-12,15-16,25,27H2,1-2H3. The summed E-state index contributed by atoms with van der Waals surface area (Å²) in [4.78, 5) is 11.6. The number of rotatable bonds is 14. The summed E-state index contributed by atoms with van der Waals surface area (Å²) >= 11 is 0. The molecule has 3 heteroatoms. The van der Waals surface area contributed by atoms with Crippen molar-refractivity contribution in [3.05, 3.63) is 95.6 Å². The molecule has 1 aliphatic rings. The lowest BCUT2D eigenvalue weighted by Gasteiger charge is -2.29. The first-order valence-electron chi connectivity index (χ1n) is 15.8. The monoisotopic (exact) mass is 552 g/mol. The molecule has 41 heavy (non-hydrogen) atoms. The SMILES string of the molecule is C=C(CO)C(=O)OCCCc1ccc(-c2ccc(-c3ccc(C4CCC(CCCCC)CC4)cc3)cc2CC)cc1. The van der Waals surface area contributed by atoms with Crippen LogP contribution < -0.4 is 0 Å². The van der Waals surface area contributed by atoms with Gasteiger partial charge in [-0.15, -0.1) is 0 Å². The van der Waals surface area contributed by atoms with Crippen LogP contribution >= 0.6 is 0 Å². The number of benzene rings is 3. The Balaban J connectivity index is 1.33. The smallest absolute Gasteiger partial charge is 0.335 e. The maximum absolute atomic E-state index is 11.6. The van der Waals surface area contributed by atoms with Crippen molar-refractivity contribution in [2.45, 2.75) is 90.4 Å². The molecule has 1 fully saturated rings. The molecule has 218 valence electrons. The first kappa shape index (κ1) is 30.8. The number of hydrogen-bond donors (Lipinski definition) is 1. The third-order valence-corrected chi connectivity index (χ3v) is 8.85. The largest absolute Gasteiger partial charge is 0.462 e. The van der Waals surface area contributed by atoms with E-state index in [9.17, 15) is 4.79 Å². The molecular formula is C38H48O3. The minimum absolute atomic E-state index is 0.0923. The van der Waals surface area contributed by atoms with Gasteiger partial charge in [-0.25, -0.2) is 4.79 Å². The summed E-state index contributed by atoms with van der Waals surface area (Å²) in [7, 11) is 0. The van der Waals surface area contributed by atoms with Crippen molar-refractivity contribution < 1.29 is 14.6 Å². The Morgan fingerprint density at radius 2 is 1.54 bits per heavy atom. The van der Waals surface area contributed by atoms with Gasteiger partial charge in [-0.1, -0.05) is 113 Å². The molecule has 0 heterocycles. The molecule has 0 aliphatic heterocycles. The molecule has 0 unspecified atom stereocenters. The molecule has 0 radical (unpaired) electrons. The van der Waals surface area contributed by atoms with E-state index in [0.29, 0.717) is 6.61 Å². The van der Waals surface area contributed by atoms with E-state index in [1.54, 1.807) is 0 Å². The summed E-state index contributed by atoms with van der Waals surface area (Å²) < 4.78 is 5.14. The number of aryl methyl sites for hydroxylation is 2. The quantitative estimate of drug-likeness (QED) is 0.123. The molecule has 4 rings (SSSR count). The van der Waals surface area contributed by atoms with E-state index < -0.39 is 5.97 Å². The number of unbranched alkanes of at least 4 members (excludes halogenated alkanes) is 2. The van der Waals surface area contributed by atoms with Crippen molar-refractivity contribution in [3.8, 4) is 22.3 Å². The van der Waals surface area contributed by atoms with E-state index in [-0.39, 0.29) is 12.2 Å². The minimum Gasteiger partial charge on any atom is -0.462 e. The first-order valence-corrected chi connectivity index (χ1v) is 15.8. The fourth-order valence-electron chi connectivity index (χ4n) is 6.22. The lowest BCUT2D eigenvalue weighted by Crippen LogP contribution is -2.13. The summed E-state index contributed by atoms with van der Waals surface area (Å²) in [6.07, 6.45) is 13.6. The molecular weight excluding hydrogens is 504 g/mol. The topological polar surface area (TPSA) is 46.5 Å². The fourth-order valence-corrected chi connectivity index (χ4v) is 6.22. The van der Waals surface area contributed by atoms with Crippen molar-refractivity contribution in [1.82, 2.24) is 0 Å². The highest BCUT2D eigenvalue weighted by atomic mass is 16.5. The fraction of sp³-hybridized carbons (Fsp3) is 0.447. The Morgan fingerprint density at radius 1 is 0.854 bits per heavy atom. The van der Waals surface area contributed by atoms with Crippen LogP contribution in [-0.4, -0.2) is 24.3 Å². The molecule has 0 atom stereocenters. The first-order chi connectivity index (χ1) is 20.0. The molecule has 0 bridgehead atoms. The zero-order valence-corrected chi connectivity index (χ0v) is 25.2. The van der Waals surface area contributed by atoms with E-state index in [1.165, 1.54) is 90.3 Å². The number of hydrogen-bond acceptors (Lipinski definition) is 3. The van der Waals surface area contributed by atoms with Crippen LogP contribution in [0.3, 0.4) is 0 Å². The molecule has 0 saturated heterocycles. The van der Waals surface area contributed by atoms with Crippen LogP contribution in [0.1, 0.15) is 94.2 Å². The highest BCUT2D eigenvalue weighted by molar-refractivity contribution is 5.87. The van der Waals surface area contributed by atoms with Gasteiger partial charge in [0.05, 0.1) is 18.8 Å². The van der Waals surface area contributed by atoms with E-state index in [4.69, 9.17) is 9.84 Å². The number of esters is 1. The van der Waals surface area contributed by atoms with Crippen molar-refractivity contribution >= 4 is 5.97 Å². The van der Waals surface area contributed by atoms with Crippen molar-refractivity contribution in [3.63, 3.8) is 0 Å². The van der Waals surface area contributed by atoms with Crippen molar-refractivity contribution in [2.24, 2.45) is 5.92 Å². The van der Waals surface area contributed by atoms with Gasteiger partial charge in [0.1, 0.15) is 0 Å². The van der Waals surface area contributed by atoms with E-state index in [0.717, 1.165) is 31.1 Å². The molecule has 3 aromatic carbocycles. The Hall–Kier alpha value is -3.17. The average molecular weight is 553 g/mol. The predicted octanol–water partition coefficient (Wildman–Crippen LogP) is 9.46. The Bertz CT molecular complexity index is 1250. The van der Waals surface area contributed by atoms with Crippen LogP contribution in [0.25, 0.3) is 22.3 Å². The number of ether oxygens (including phenoxy) is 1. The third-order valence-electron chi connectivity index (χ3n) is 8.85. The summed E-state index contributed by atoms with van der Waals surface area (Å²) in [5.74, 6) is 1.16. The zero-order valence-electron chi connectivity index (χ0n) is 25.2. The lowest BCUT2D eigenvalue weighted by molar-refractivity contribution is -0.139. The second kappa shape index (κ2) is 15.7. The molecule has 3 nitrogen and oxygen atoms in total. The summed E-state index contributed by atoms with van der Waals surface area (Å²) in [5, 5.41) is 8.96. The van der Waals surface area contributed by atoms with Crippen LogP contribution in [0.4, 0.5) is 0 Å². The number of carbonyl (C=O) groups is 1. The lowest BCUT2D eigenvalue weighted by atomic mass is 9.77. The van der Waals surface area contributed by atoms with E-state index in [2.05, 4.69) is 87.2 Å². The van der Waals surface area contributed by atoms with Crippen LogP contribution in [0.2, 0.25) is 0 Å². The second-order valence-electron chi connectivity index (χ2n) is 11.8. The summed E-state index contributed by atoms with van der Waals surface area (Å²) in [6.45, 7) is 7.97. The van der Waals surface area contributed by atoms with Crippen molar-refractivity contribution in [2.75, 3.05) is 13.2 Å². The van der Waals surface area contributed by atoms with Gasteiger partial charge in [-0.3, -0.25) is 0 Å². The van der Waals surface area contributed by atoms with Crippen LogP contribution in [0, 0.1) is 5.92 Å². The minimum atomic E-state index is -0.523. The van der Waals surface area contributed by atoms with Gasteiger partial charge < -0.3 is 9.84 Å². The Labute approximate surface area is 247 Å². The predicted molar refractivity (Wildman–Crippen MR) is 171 cm³/mol. The molecule has 0 spiro atoms. The number of carbonyl (C=O) groups excluding carboxylic acids is 1. The van der Waals surface area contributed by atoms with Crippen molar-refractivity contribution in [1.29, 1.82) is 0 Å². The zero-order chi connectivity index (χ0) is 29.0. The van der Waals surface area contributed by atoms with Gasteiger partial charge in [-0.2, -0.15) is 0 Å². The summed E-state index contributed by atoms with van der Waals surface area (Å²) in [5.41, 5.74) is 9.27. The number of aliphatic hydroxyl groups is 1. The van der Waals surface area contributed by atoms with Gasteiger partial charge >= 0.3 is 5.97 Å². The molecule has 1 saturated carbocycles. The van der Waals surface area contributed by atoms with Gasteiger partial charge in [0.2, 0.25) is 0 Å². The van der Waals surface area contributed by atoms with Gasteiger partial charge in [0, 0.05) is 0 Å². The van der Waals surface area contributed by atoms with Gasteiger partial charge in [0.15, 0.2) is 0 Å². The molecule has 0 amide bonds. The van der Waals surface area contributed by atoms with E-state index in [1.807, 2.05) is 0 Å². The third kappa shape index (κ3) is 8.66. The van der Waals surface area contributed by atoms with E-state index >= 15 is 0 Å². The van der Waals surface area contributed by atoms with Gasteiger partial charge in [-0.05, 0) is 95.7 Å². The number of aliphatic hydroxyl groups excluding tert-OH is 1. The highest BCUT2D eigenvalue weighted by Crippen LogP contribution is 2.38. The average Bonchev–Trinajstić information content (AvgIpc) is 3.03. The van der Waals surface area contributed by atoms with Crippen LogP contribution in [-0.2, 0) is 22.4 Å². The molecule has 0 aromatic heterocycles.